The van der Waals surface area contributed by atoms with Crippen LogP contribution >= 0.6 is 0 Å². The summed E-state index contributed by atoms with van der Waals surface area (Å²) in [6, 6.07) is 24.3. The van der Waals surface area contributed by atoms with Gasteiger partial charge in [0.05, 0.1) is 23.1 Å². The molecule has 4 aromatic carbocycles. The van der Waals surface area contributed by atoms with Crippen molar-refractivity contribution in [3.05, 3.63) is 121 Å². The zero-order valence-electron chi connectivity index (χ0n) is 19.4. The second-order valence-corrected chi connectivity index (χ2v) is 8.15. The van der Waals surface area contributed by atoms with Crippen molar-refractivity contribution in [1.29, 1.82) is 0 Å². The van der Waals surface area contributed by atoms with Gasteiger partial charge in [-0.2, -0.15) is 0 Å². The first-order valence-corrected chi connectivity index (χ1v) is 11.3. The standard InChI is InChI=1S/C30H19NO6/c1-2-36-29(34)20-5-3-19(4-6-20)22-7-8-24-18-26(14-11-23(24)17-22)37-30(35)21-9-12-25(13-10-21)31-27(32)15-16-28(31)33/h2-18H,1H2. The molecule has 1 aliphatic rings. The van der Waals surface area contributed by atoms with E-state index in [-0.39, 0.29) is 5.56 Å². The predicted molar refractivity (Wildman–Crippen MR) is 138 cm³/mol. The summed E-state index contributed by atoms with van der Waals surface area (Å²) >= 11 is 0. The lowest BCUT2D eigenvalue weighted by Crippen LogP contribution is -2.29. The summed E-state index contributed by atoms with van der Waals surface area (Å²) in [6.07, 6.45) is 3.50. The van der Waals surface area contributed by atoms with Crippen LogP contribution in [0.5, 0.6) is 5.75 Å². The van der Waals surface area contributed by atoms with E-state index in [4.69, 9.17) is 9.47 Å². The van der Waals surface area contributed by atoms with Crippen LogP contribution in [-0.4, -0.2) is 23.8 Å². The fourth-order valence-corrected chi connectivity index (χ4v) is 3.98. The largest absolute Gasteiger partial charge is 0.432 e. The number of hydrogen-bond acceptors (Lipinski definition) is 6. The van der Waals surface area contributed by atoms with E-state index in [1.807, 2.05) is 36.4 Å². The van der Waals surface area contributed by atoms with E-state index in [2.05, 4.69) is 6.58 Å². The molecule has 0 aromatic heterocycles. The number of benzene rings is 4. The Morgan fingerprint density at radius 1 is 0.676 bits per heavy atom. The molecule has 0 unspecified atom stereocenters. The maximum atomic E-state index is 12.6. The van der Waals surface area contributed by atoms with Crippen molar-refractivity contribution in [1.82, 2.24) is 0 Å². The summed E-state index contributed by atoms with van der Waals surface area (Å²) in [7, 11) is 0. The normalized spacial score (nSPS) is 12.6. The molecule has 180 valence electrons. The molecule has 7 heteroatoms. The van der Waals surface area contributed by atoms with Gasteiger partial charge in [-0.3, -0.25) is 9.59 Å². The van der Waals surface area contributed by atoms with Crippen molar-refractivity contribution in [2.24, 2.45) is 0 Å². The third-order valence-electron chi connectivity index (χ3n) is 5.84. The highest BCUT2D eigenvalue weighted by Gasteiger charge is 2.25. The monoisotopic (exact) mass is 489 g/mol. The van der Waals surface area contributed by atoms with Crippen LogP contribution < -0.4 is 9.64 Å². The number of hydrogen-bond donors (Lipinski definition) is 0. The van der Waals surface area contributed by atoms with E-state index in [1.165, 1.54) is 36.4 Å². The minimum Gasteiger partial charge on any atom is -0.432 e. The van der Waals surface area contributed by atoms with Crippen LogP contribution in [0.3, 0.4) is 0 Å². The summed E-state index contributed by atoms with van der Waals surface area (Å²) in [5.74, 6) is -1.50. The van der Waals surface area contributed by atoms with Crippen molar-refractivity contribution in [2.75, 3.05) is 4.90 Å². The van der Waals surface area contributed by atoms with E-state index >= 15 is 0 Å². The molecule has 37 heavy (non-hydrogen) atoms. The maximum absolute atomic E-state index is 12.6. The molecule has 5 rings (SSSR count). The maximum Gasteiger partial charge on any atom is 0.343 e. The first kappa shape index (κ1) is 23.4. The van der Waals surface area contributed by atoms with E-state index in [0.29, 0.717) is 17.0 Å². The van der Waals surface area contributed by atoms with Crippen LogP contribution in [0, 0.1) is 0 Å². The average Bonchev–Trinajstić information content (AvgIpc) is 3.26. The van der Waals surface area contributed by atoms with Crippen molar-refractivity contribution in [3.8, 4) is 16.9 Å². The Balaban J connectivity index is 1.29. The van der Waals surface area contributed by atoms with Crippen LogP contribution in [-0.2, 0) is 14.3 Å². The quantitative estimate of drug-likeness (QED) is 0.155. The van der Waals surface area contributed by atoms with Gasteiger partial charge in [0.25, 0.3) is 11.8 Å². The number of anilines is 1. The number of amides is 2. The van der Waals surface area contributed by atoms with E-state index in [1.54, 1.807) is 24.3 Å². The molecule has 2 amide bonds. The van der Waals surface area contributed by atoms with Crippen LogP contribution in [0.2, 0.25) is 0 Å². The van der Waals surface area contributed by atoms with Gasteiger partial charge >= 0.3 is 11.9 Å². The highest BCUT2D eigenvalue weighted by Crippen LogP contribution is 2.28. The summed E-state index contributed by atoms with van der Waals surface area (Å²) in [5.41, 5.74) is 2.99. The zero-order valence-corrected chi connectivity index (χ0v) is 19.4. The fraction of sp³-hybridized carbons (Fsp3) is 0. The Morgan fingerprint density at radius 3 is 1.92 bits per heavy atom. The number of fused-ring (bicyclic) bond motifs is 1. The van der Waals surface area contributed by atoms with Crippen LogP contribution in [0.15, 0.2) is 110 Å². The first-order chi connectivity index (χ1) is 17.9. The van der Waals surface area contributed by atoms with Crippen LogP contribution in [0.4, 0.5) is 5.69 Å². The third-order valence-corrected chi connectivity index (χ3v) is 5.84. The summed E-state index contributed by atoms with van der Waals surface area (Å²) in [5, 5.41) is 1.83. The Bertz CT molecular complexity index is 1580. The fourth-order valence-electron chi connectivity index (χ4n) is 3.98. The Labute approximate surface area is 211 Å². The summed E-state index contributed by atoms with van der Waals surface area (Å²) in [6.45, 7) is 3.38. The number of carbonyl (C=O) groups is 4. The molecule has 0 spiro atoms. The van der Waals surface area contributed by atoms with Crippen molar-refractivity contribution in [3.63, 3.8) is 0 Å². The molecule has 0 saturated heterocycles. The Morgan fingerprint density at radius 2 is 1.24 bits per heavy atom. The number of rotatable bonds is 6. The molecule has 7 nitrogen and oxygen atoms in total. The summed E-state index contributed by atoms with van der Waals surface area (Å²) < 4.78 is 10.3. The van der Waals surface area contributed by atoms with E-state index in [0.717, 1.165) is 33.1 Å². The predicted octanol–water partition coefficient (Wildman–Crippen LogP) is 5.46. The average molecular weight is 489 g/mol. The molecule has 0 radical (unpaired) electrons. The highest BCUT2D eigenvalue weighted by atomic mass is 16.5. The lowest BCUT2D eigenvalue weighted by atomic mass is 10.00. The first-order valence-electron chi connectivity index (χ1n) is 11.3. The Hall–Kier alpha value is -5.30. The molecule has 1 aliphatic heterocycles. The summed E-state index contributed by atoms with van der Waals surface area (Å²) in [4.78, 5) is 49.1. The molecular formula is C30H19NO6. The number of ether oxygens (including phenoxy) is 2. The van der Waals surface area contributed by atoms with Crippen LogP contribution in [0.1, 0.15) is 20.7 Å². The van der Waals surface area contributed by atoms with Crippen molar-refractivity contribution in [2.45, 2.75) is 0 Å². The number of nitrogens with zero attached hydrogens (tertiary/aromatic N) is 1. The molecule has 0 fully saturated rings. The molecule has 0 saturated carbocycles. The second-order valence-electron chi connectivity index (χ2n) is 8.15. The highest BCUT2D eigenvalue weighted by molar-refractivity contribution is 6.28. The second kappa shape index (κ2) is 9.75. The zero-order chi connectivity index (χ0) is 25.9. The number of carbonyl (C=O) groups excluding carboxylic acids is 4. The molecule has 0 N–H and O–H groups in total. The number of imide groups is 1. The smallest absolute Gasteiger partial charge is 0.343 e. The third kappa shape index (κ3) is 4.78. The van der Waals surface area contributed by atoms with Crippen molar-refractivity contribution >= 4 is 40.2 Å². The lowest BCUT2D eigenvalue weighted by Gasteiger charge is -2.14. The topological polar surface area (TPSA) is 90.0 Å². The van der Waals surface area contributed by atoms with Gasteiger partial charge in [0.2, 0.25) is 0 Å². The molecule has 0 aliphatic carbocycles. The van der Waals surface area contributed by atoms with E-state index in [9.17, 15) is 19.2 Å². The molecule has 0 bridgehead atoms. The Kier molecular flexibility index (Phi) is 6.18. The van der Waals surface area contributed by atoms with Gasteiger partial charge in [0.15, 0.2) is 0 Å². The van der Waals surface area contributed by atoms with Crippen LogP contribution in [0.25, 0.3) is 21.9 Å². The minimum absolute atomic E-state index is 0.284. The SMILES string of the molecule is C=COC(=O)c1ccc(-c2ccc3cc(OC(=O)c4ccc(N5C(=O)C=CC5=O)cc4)ccc3c2)cc1. The van der Waals surface area contributed by atoms with Gasteiger partial charge in [0, 0.05) is 12.2 Å². The molecule has 1 heterocycles. The lowest BCUT2D eigenvalue weighted by molar-refractivity contribution is -0.120. The van der Waals surface area contributed by atoms with Gasteiger partial charge in [0.1, 0.15) is 5.75 Å². The van der Waals surface area contributed by atoms with Gasteiger partial charge in [-0.25, -0.2) is 14.5 Å². The van der Waals surface area contributed by atoms with Gasteiger partial charge < -0.3 is 9.47 Å². The minimum atomic E-state index is -0.560. The van der Waals surface area contributed by atoms with Gasteiger partial charge in [-0.15, -0.1) is 0 Å². The molecule has 4 aromatic rings. The molecule has 0 atom stereocenters. The van der Waals surface area contributed by atoms with E-state index < -0.39 is 23.8 Å². The van der Waals surface area contributed by atoms with Crippen molar-refractivity contribution < 1.29 is 28.7 Å². The molecular weight excluding hydrogens is 470 g/mol. The van der Waals surface area contributed by atoms with Gasteiger partial charge in [-0.1, -0.05) is 36.9 Å². The number of esters is 2. The van der Waals surface area contributed by atoms with Gasteiger partial charge in [-0.05, 0) is 76.5 Å².